The van der Waals surface area contributed by atoms with Crippen molar-refractivity contribution >= 4 is 12.1 Å². The molecule has 1 aromatic carbocycles. The number of ether oxygens (including phenoxy) is 1. The topological polar surface area (TPSA) is 65.0 Å². The number of hydrogen-bond donors (Lipinski definition) is 2. The summed E-state index contributed by atoms with van der Waals surface area (Å²) in [4.78, 5) is 13.9. The molecule has 0 radical (unpaired) electrons. The number of aliphatic hydroxyl groups is 1. The number of methoxy groups -OCH3 is 1. The third-order valence-corrected chi connectivity index (χ3v) is 3.65. The van der Waals surface area contributed by atoms with Crippen molar-refractivity contribution in [3.63, 3.8) is 0 Å². The van der Waals surface area contributed by atoms with Crippen LogP contribution >= 0.6 is 0 Å². The smallest absolute Gasteiger partial charge is 0.209 e. The molecule has 1 heterocycles. The van der Waals surface area contributed by atoms with Crippen molar-refractivity contribution in [2.75, 3.05) is 45.7 Å². The van der Waals surface area contributed by atoms with Gasteiger partial charge in [-0.2, -0.15) is 0 Å². The molecule has 0 spiro atoms. The molecular weight excluding hydrogens is 282 g/mol. The number of aliphatic hydroxyl groups excluding tert-OH is 1. The van der Waals surface area contributed by atoms with Crippen LogP contribution in [0, 0.1) is 6.92 Å². The Bertz CT molecular complexity index is 458. The summed E-state index contributed by atoms with van der Waals surface area (Å²) in [5.41, 5.74) is 2.24. The van der Waals surface area contributed by atoms with Gasteiger partial charge in [0, 0.05) is 33.2 Å². The first-order valence-corrected chi connectivity index (χ1v) is 7.45. The summed E-state index contributed by atoms with van der Waals surface area (Å²) in [5.74, 6) is 0.896. The molecule has 0 aromatic heterocycles. The minimum absolute atomic E-state index is 0.385. The molecule has 1 atom stereocenters. The lowest BCUT2D eigenvalue weighted by Crippen LogP contribution is -2.48. The fraction of sp³-hybridized carbons (Fsp3) is 0.562. The number of carbonyl (C=O) groups is 1. The lowest BCUT2D eigenvalue weighted by atomic mass is 10.2. The van der Waals surface area contributed by atoms with Gasteiger partial charge in [-0.1, -0.05) is 6.07 Å². The van der Waals surface area contributed by atoms with Crippen LogP contribution in [0.4, 0.5) is 5.69 Å². The summed E-state index contributed by atoms with van der Waals surface area (Å²) >= 11 is 0. The van der Waals surface area contributed by atoms with E-state index < -0.39 is 0 Å². The molecule has 1 amide bonds. The Labute approximate surface area is 132 Å². The summed E-state index contributed by atoms with van der Waals surface area (Å²) in [6.07, 6.45) is 0.475. The maximum atomic E-state index is 10.3. The van der Waals surface area contributed by atoms with Gasteiger partial charge in [0.25, 0.3) is 0 Å². The van der Waals surface area contributed by atoms with Crippen LogP contribution in [0.3, 0.4) is 0 Å². The fourth-order valence-corrected chi connectivity index (χ4v) is 2.22. The van der Waals surface area contributed by atoms with Gasteiger partial charge in [0.1, 0.15) is 12.0 Å². The Morgan fingerprint density at radius 1 is 1.32 bits per heavy atom. The van der Waals surface area contributed by atoms with E-state index in [1.54, 1.807) is 18.9 Å². The molecular formula is C16H27N3O3. The molecule has 0 saturated carbocycles. The van der Waals surface area contributed by atoms with E-state index in [0.29, 0.717) is 0 Å². The number of carbonyl (C=O) groups excluding carboxylic acids is 1. The van der Waals surface area contributed by atoms with Gasteiger partial charge in [-0.3, -0.25) is 9.69 Å². The molecule has 22 heavy (non-hydrogen) atoms. The third kappa shape index (κ3) is 5.54. The van der Waals surface area contributed by atoms with Gasteiger partial charge in [0.2, 0.25) is 6.41 Å². The zero-order chi connectivity index (χ0) is 16.5. The molecule has 1 fully saturated rings. The normalized spacial score (nSPS) is 16.3. The molecule has 2 rings (SSSR count). The average molecular weight is 309 g/mol. The maximum absolute atomic E-state index is 10.3. The molecule has 124 valence electrons. The highest BCUT2D eigenvalue weighted by atomic mass is 16.5. The van der Waals surface area contributed by atoms with Gasteiger partial charge >= 0.3 is 0 Å². The summed E-state index contributed by atoms with van der Waals surface area (Å²) in [5, 5.41) is 12.2. The summed E-state index contributed by atoms with van der Waals surface area (Å²) in [7, 11) is 3.56. The maximum Gasteiger partial charge on any atom is 0.209 e. The molecule has 1 unspecified atom stereocenters. The minimum Gasteiger partial charge on any atom is -0.495 e. The second kappa shape index (κ2) is 9.27. The van der Waals surface area contributed by atoms with Crippen molar-refractivity contribution in [1.29, 1.82) is 0 Å². The number of rotatable bonds is 4. The lowest BCUT2D eigenvalue weighted by molar-refractivity contribution is -0.121. The van der Waals surface area contributed by atoms with Crippen molar-refractivity contribution in [2.24, 2.45) is 0 Å². The van der Waals surface area contributed by atoms with Gasteiger partial charge < -0.3 is 20.1 Å². The summed E-state index contributed by atoms with van der Waals surface area (Å²) in [6, 6.07) is 6.06. The zero-order valence-corrected chi connectivity index (χ0v) is 13.9. The predicted molar refractivity (Wildman–Crippen MR) is 88.2 cm³/mol. The average Bonchev–Trinajstić information content (AvgIpc) is 2.55. The van der Waals surface area contributed by atoms with Crippen LogP contribution in [0.1, 0.15) is 12.5 Å². The Kier molecular flexibility index (Phi) is 7.70. The molecule has 1 aromatic rings. The molecule has 1 saturated heterocycles. The quantitative estimate of drug-likeness (QED) is 0.817. The van der Waals surface area contributed by atoms with Crippen LogP contribution in [0.2, 0.25) is 0 Å². The highest BCUT2D eigenvalue weighted by Crippen LogP contribution is 2.24. The third-order valence-electron chi connectivity index (χ3n) is 3.65. The number of aryl methyl sites for hydroxylation is 1. The number of piperazine rings is 1. The summed E-state index contributed by atoms with van der Waals surface area (Å²) < 4.78 is 5.15. The van der Waals surface area contributed by atoms with Gasteiger partial charge in [-0.15, -0.1) is 0 Å². The van der Waals surface area contributed by atoms with Gasteiger partial charge in [0.15, 0.2) is 0 Å². The first-order chi connectivity index (χ1) is 10.5. The largest absolute Gasteiger partial charge is 0.495 e. The Balaban J connectivity index is 0.000000220. The number of benzene rings is 1. The second-order valence-corrected chi connectivity index (χ2v) is 5.26. The first-order valence-electron chi connectivity index (χ1n) is 7.45. The van der Waals surface area contributed by atoms with Crippen molar-refractivity contribution in [3.8, 4) is 5.75 Å². The van der Waals surface area contributed by atoms with Crippen LogP contribution in [-0.4, -0.2) is 67.9 Å². The van der Waals surface area contributed by atoms with E-state index in [9.17, 15) is 4.79 Å². The van der Waals surface area contributed by atoms with Crippen LogP contribution in [-0.2, 0) is 4.79 Å². The number of nitrogens with one attached hydrogen (secondary N) is 1. The Morgan fingerprint density at radius 3 is 2.41 bits per heavy atom. The van der Waals surface area contributed by atoms with Gasteiger partial charge in [-0.05, 0) is 31.5 Å². The van der Waals surface area contributed by atoms with E-state index in [-0.39, 0.29) is 6.23 Å². The number of anilines is 1. The summed E-state index contributed by atoms with van der Waals surface area (Å²) in [6.45, 7) is 6.80. The van der Waals surface area contributed by atoms with Crippen molar-refractivity contribution in [3.05, 3.63) is 23.8 Å². The van der Waals surface area contributed by atoms with Crippen molar-refractivity contribution in [1.82, 2.24) is 9.80 Å². The Hall–Kier alpha value is -1.79. The van der Waals surface area contributed by atoms with Crippen LogP contribution in [0.15, 0.2) is 18.2 Å². The van der Waals surface area contributed by atoms with Crippen LogP contribution in [0.5, 0.6) is 5.75 Å². The minimum atomic E-state index is -0.385. The highest BCUT2D eigenvalue weighted by Gasteiger charge is 2.17. The fourth-order valence-electron chi connectivity index (χ4n) is 2.22. The first kappa shape index (κ1) is 18.3. The van der Waals surface area contributed by atoms with Gasteiger partial charge in [0.05, 0.1) is 12.8 Å². The molecule has 6 heteroatoms. The standard InChI is InChI=1S/C9H13NO.C7H14N2O2/c1-7-4-5-8(10-2)9(6-7)11-3;1-7(11)9-4-2-8(6-10)3-5-9/h4-6,10H,1-3H3;6-7,11H,2-5H2,1H3. The number of amides is 1. The van der Waals surface area contributed by atoms with E-state index in [0.717, 1.165) is 44.0 Å². The second-order valence-electron chi connectivity index (χ2n) is 5.26. The number of nitrogens with zero attached hydrogens (tertiary/aromatic N) is 2. The number of hydrogen-bond acceptors (Lipinski definition) is 5. The SMILES string of the molecule is CC(O)N1CCN(C=O)CC1.CNc1ccc(C)cc1OC. The lowest BCUT2D eigenvalue weighted by Gasteiger charge is -2.34. The van der Waals surface area contributed by atoms with Crippen molar-refractivity contribution in [2.45, 2.75) is 20.1 Å². The van der Waals surface area contributed by atoms with E-state index in [1.165, 1.54) is 5.56 Å². The van der Waals surface area contributed by atoms with E-state index in [1.807, 2.05) is 37.1 Å². The van der Waals surface area contributed by atoms with Gasteiger partial charge in [-0.25, -0.2) is 0 Å². The predicted octanol–water partition coefficient (Wildman–Crippen LogP) is 1.14. The highest BCUT2D eigenvalue weighted by molar-refractivity contribution is 5.57. The monoisotopic (exact) mass is 309 g/mol. The molecule has 1 aliphatic rings. The molecule has 0 aliphatic carbocycles. The van der Waals surface area contributed by atoms with Crippen LogP contribution < -0.4 is 10.1 Å². The van der Waals surface area contributed by atoms with E-state index >= 15 is 0 Å². The Morgan fingerprint density at radius 2 is 1.95 bits per heavy atom. The molecule has 1 aliphatic heterocycles. The molecule has 2 N–H and O–H groups in total. The zero-order valence-electron chi connectivity index (χ0n) is 13.9. The van der Waals surface area contributed by atoms with Crippen molar-refractivity contribution < 1.29 is 14.6 Å². The van der Waals surface area contributed by atoms with Crippen LogP contribution in [0.25, 0.3) is 0 Å². The molecule has 6 nitrogen and oxygen atoms in total. The molecule has 0 bridgehead atoms. The van der Waals surface area contributed by atoms with E-state index in [2.05, 4.69) is 5.32 Å². The van der Waals surface area contributed by atoms with E-state index in [4.69, 9.17) is 9.84 Å².